The van der Waals surface area contributed by atoms with E-state index in [0.29, 0.717) is 17.7 Å². The lowest BCUT2D eigenvalue weighted by Crippen LogP contribution is -2.24. The SMILES string of the molecule is CCCS(=O)(=O)CC(=O)Nc1ccc(C(=O)O)c(C)c1. The molecule has 0 radical (unpaired) electrons. The van der Waals surface area contributed by atoms with E-state index in [1.54, 1.807) is 13.8 Å². The number of sulfone groups is 1. The van der Waals surface area contributed by atoms with Gasteiger partial charge in [0.05, 0.1) is 11.3 Å². The van der Waals surface area contributed by atoms with E-state index in [9.17, 15) is 18.0 Å². The first-order valence-corrected chi connectivity index (χ1v) is 7.91. The zero-order valence-corrected chi connectivity index (χ0v) is 12.2. The molecule has 1 amide bonds. The van der Waals surface area contributed by atoms with E-state index in [1.807, 2.05) is 0 Å². The van der Waals surface area contributed by atoms with Crippen molar-refractivity contribution in [3.63, 3.8) is 0 Å². The number of rotatable bonds is 6. The molecule has 0 spiro atoms. The normalized spacial score (nSPS) is 11.1. The second kappa shape index (κ2) is 6.51. The average molecular weight is 299 g/mol. The number of carbonyl (C=O) groups excluding carboxylic acids is 1. The van der Waals surface area contributed by atoms with Crippen LogP contribution < -0.4 is 5.32 Å². The van der Waals surface area contributed by atoms with Crippen LogP contribution in [0.25, 0.3) is 0 Å². The molecule has 110 valence electrons. The lowest BCUT2D eigenvalue weighted by molar-refractivity contribution is -0.113. The fourth-order valence-electron chi connectivity index (χ4n) is 1.76. The van der Waals surface area contributed by atoms with E-state index in [1.165, 1.54) is 18.2 Å². The Morgan fingerprint density at radius 1 is 1.30 bits per heavy atom. The van der Waals surface area contributed by atoms with Crippen LogP contribution in [0.1, 0.15) is 29.3 Å². The van der Waals surface area contributed by atoms with Crippen LogP contribution in [0.3, 0.4) is 0 Å². The van der Waals surface area contributed by atoms with E-state index in [-0.39, 0.29) is 11.3 Å². The van der Waals surface area contributed by atoms with Crippen molar-refractivity contribution in [2.24, 2.45) is 0 Å². The summed E-state index contributed by atoms with van der Waals surface area (Å²) in [6, 6.07) is 4.29. The quantitative estimate of drug-likeness (QED) is 0.828. The lowest BCUT2D eigenvalue weighted by atomic mass is 10.1. The number of hydrogen-bond acceptors (Lipinski definition) is 4. The highest BCUT2D eigenvalue weighted by molar-refractivity contribution is 7.92. The van der Waals surface area contributed by atoms with Crippen LogP contribution in [0.5, 0.6) is 0 Å². The highest BCUT2D eigenvalue weighted by Crippen LogP contribution is 2.15. The van der Waals surface area contributed by atoms with Gasteiger partial charge >= 0.3 is 5.97 Å². The topological polar surface area (TPSA) is 101 Å². The van der Waals surface area contributed by atoms with Crippen molar-refractivity contribution in [3.05, 3.63) is 29.3 Å². The van der Waals surface area contributed by atoms with Gasteiger partial charge in [-0.1, -0.05) is 6.92 Å². The Labute approximate surface area is 117 Å². The number of carboxylic acids is 1. The van der Waals surface area contributed by atoms with Gasteiger partial charge in [0.25, 0.3) is 0 Å². The molecule has 1 rings (SSSR count). The number of nitrogens with one attached hydrogen (secondary N) is 1. The highest BCUT2D eigenvalue weighted by Gasteiger charge is 2.16. The number of carbonyl (C=O) groups is 2. The maximum absolute atomic E-state index is 11.6. The van der Waals surface area contributed by atoms with Crippen molar-refractivity contribution >= 4 is 27.4 Å². The molecule has 1 aromatic rings. The Bertz CT molecular complexity index is 622. The molecule has 0 aliphatic carbocycles. The summed E-state index contributed by atoms with van der Waals surface area (Å²) in [6.45, 7) is 3.33. The van der Waals surface area contributed by atoms with E-state index >= 15 is 0 Å². The summed E-state index contributed by atoms with van der Waals surface area (Å²) in [7, 11) is -3.39. The van der Waals surface area contributed by atoms with E-state index in [2.05, 4.69) is 5.32 Å². The van der Waals surface area contributed by atoms with Gasteiger partial charge in [0.15, 0.2) is 9.84 Å². The number of aromatic carboxylic acids is 1. The monoisotopic (exact) mass is 299 g/mol. The van der Waals surface area contributed by atoms with Gasteiger partial charge in [0.1, 0.15) is 5.75 Å². The average Bonchev–Trinajstić information content (AvgIpc) is 2.26. The Balaban J connectivity index is 2.77. The highest BCUT2D eigenvalue weighted by atomic mass is 32.2. The number of benzene rings is 1. The van der Waals surface area contributed by atoms with Crippen LogP contribution >= 0.6 is 0 Å². The number of hydrogen-bond donors (Lipinski definition) is 2. The molecule has 0 unspecified atom stereocenters. The van der Waals surface area contributed by atoms with Crippen molar-refractivity contribution in [3.8, 4) is 0 Å². The minimum atomic E-state index is -3.39. The maximum atomic E-state index is 11.6. The summed E-state index contributed by atoms with van der Waals surface area (Å²) < 4.78 is 23.0. The van der Waals surface area contributed by atoms with Gasteiger partial charge in [-0.15, -0.1) is 0 Å². The molecule has 0 saturated heterocycles. The molecular weight excluding hydrogens is 282 g/mol. The fourth-order valence-corrected chi connectivity index (χ4v) is 3.00. The number of carboxylic acid groups (broad SMARTS) is 1. The summed E-state index contributed by atoms with van der Waals surface area (Å²) in [4.78, 5) is 22.5. The second-order valence-corrected chi connectivity index (χ2v) is 6.66. The van der Waals surface area contributed by atoms with E-state index in [0.717, 1.165) is 0 Å². The largest absolute Gasteiger partial charge is 0.478 e. The predicted octanol–water partition coefficient (Wildman–Crippen LogP) is 1.46. The van der Waals surface area contributed by atoms with Gasteiger partial charge in [-0.3, -0.25) is 4.79 Å². The van der Waals surface area contributed by atoms with Gasteiger partial charge in [-0.25, -0.2) is 13.2 Å². The predicted molar refractivity (Wildman–Crippen MR) is 75.7 cm³/mol. The summed E-state index contributed by atoms with van der Waals surface area (Å²) in [5, 5.41) is 11.3. The lowest BCUT2D eigenvalue weighted by Gasteiger charge is -2.08. The molecule has 20 heavy (non-hydrogen) atoms. The van der Waals surface area contributed by atoms with Crippen LogP contribution in [0.4, 0.5) is 5.69 Å². The van der Waals surface area contributed by atoms with Crippen LogP contribution in [0.2, 0.25) is 0 Å². The van der Waals surface area contributed by atoms with Gasteiger partial charge < -0.3 is 10.4 Å². The number of anilines is 1. The van der Waals surface area contributed by atoms with Crippen molar-refractivity contribution in [1.82, 2.24) is 0 Å². The van der Waals surface area contributed by atoms with Gasteiger partial charge in [-0.2, -0.15) is 0 Å². The Kier molecular flexibility index (Phi) is 5.26. The smallest absolute Gasteiger partial charge is 0.335 e. The summed E-state index contributed by atoms with van der Waals surface area (Å²) in [5.74, 6) is -2.27. The third-order valence-corrected chi connectivity index (χ3v) is 4.34. The molecule has 0 bridgehead atoms. The molecule has 0 saturated carbocycles. The molecule has 0 fully saturated rings. The molecule has 0 heterocycles. The third-order valence-electron chi connectivity index (χ3n) is 2.61. The van der Waals surface area contributed by atoms with Crippen molar-refractivity contribution in [2.75, 3.05) is 16.8 Å². The second-order valence-electron chi connectivity index (χ2n) is 4.48. The molecule has 6 nitrogen and oxygen atoms in total. The Hall–Kier alpha value is -1.89. The van der Waals surface area contributed by atoms with Crippen molar-refractivity contribution in [1.29, 1.82) is 0 Å². The Morgan fingerprint density at radius 2 is 1.95 bits per heavy atom. The minimum absolute atomic E-state index is 0.0304. The number of amides is 1. The Morgan fingerprint density at radius 3 is 2.45 bits per heavy atom. The molecule has 1 aromatic carbocycles. The first-order chi connectivity index (χ1) is 9.25. The van der Waals surface area contributed by atoms with Crippen LogP contribution in [-0.2, 0) is 14.6 Å². The molecule has 0 aliphatic rings. The summed E-state index contributed by atoms with van der Waals surface area (Å²) in [6.07, 6.45) is 0.460. The minimum Gasteiger partial charge on any atom is -0.478 e. The van der Waals surface area contributed by atoms with Crippen molar-refractivity contribution < 1.29 is 23.1 Å². The van der Waals surface area contributed by atoms with E-state index < -0.39 is 27.5 Å². The van der Waals surface area contributed by atoms with Gasteiger partial charge in [-0.05, 0) is 37.1 Å². The summed E-state index contributed by atoms with van der Waals surface area (Å²) >= 11 is 0. The number of aryl methyl sites for hydroxylation is 1. The molecular formula is C13H17NO5S. The first-order valence-electron chi connectivity index (χ1n) is 6.09. The van der Waals surface area contributed by atoms with Crippen LogP contribution in [-0.4, -0.2) is 36.9 Å². The molecule has 2 N–H and O–H groups in total. The van der Waals surface area contributed by atoms with Crippen molar-refractivity contribution in [2.45, 2.75) is 20.3 Å². The zero-order chi connectivity index (χ0) is 15.3. The first kappa shape index (κ1) is 16.2. The van der Waals surface area contributed by atoms with Gasteiger partial charge in [0.2, 0.25) is 5.91 Å². The standard InChI is InChI=1S/C13H17NO5S/c1-3-6-20(18,19)8-12(15)14-10-4-5-11(13(16)17)9(2)7-10/h4-5,7H,3,6,8H2,1-2H3,(H,14,15)(H,16,17). The van der Waals surface area contributed by atoms with Gasteiger partial charge in [0, 0.05) is 5.69 Å². The molecule has 7 heteroatoms. The van der Waals surface area contributed by atoms with Crippen LogP contribution in [0.15, 0.2) is 18.2 Å². The van der Waals surface area contributed by atoms with E-state index in [4.69, 9.17) is 5.11 Å². The molecule has 0 aliphatic heterocycles. The van der Waals surface area contributed by atoms with Crippen LogP contribution in [0, 0.1) is 6.92 Å². The fraction of sp³-hybridized carbons (Fsp3) is 0.385. The summed E-state index contributed by atoms with van der Waals surface area (Å²) in [5.41, 5.74) is 1.01. The molecule has 0 aromatic heterocycles. The zero-order valence-electron chi connectivity index (χ0n) is 11.3. The third kappa shape index (κ3) is 4.65. The molecule has 0 atom stereocenters. The maximum Gasteiger partial charge on any atom is 0.335 e.